The molecule has 1 fully saturated rings. The molecule has 0 aromatic carbocycles. The van der Waals surface area contributed by atoms with E-state index in [4.69, 9.17) is 0 Å². The maximum Gasteiger partial charge on any atom is 0.150 e. The third-order valence-corrected chi connectivity index (χ3v) is 5.96. The lowest BCUT2D eigenvalue weighted by atomic mass is 9.86. The predicted octanol–water partition coefficient (Wildman–Crippen LogP) is 4.51. The Labute approximate surface area is 119 Å². The van der Waals surface area contributed by atoms with Crippen LogP contribution in [-0.4, -0.2) is 19.9 Å². The van der Waals surface area contributed by atoms with E-state index >= 15 is 0 Å². The summed E-state index contributed by atoms with van der Waals surface area (Å²) in [6.07, 6.45) is 8.69. The van der Waals surface area contributed by atoms with Gasteiger partial charge in [-0.15, -0.1) is 0 Å². The summed E-state index contributed by atoms with van der Waals surface area (Å²) in [5.74, 6) is 1.39. The van der Waals surface area contributed by atoms with Crippen molar-refractivity contribution in [1.29, 1.82) is 0 Å². The van der Waals surface area contributed by atoms with Gasteiger partial charge >= 0.3 is 0 Å². The van der Waals surface area contributed by atoms with Gasteiger partial charge in [-0.3, -0.25) is 0 Å². The van der Waals surface area contributed by atoms with Crippen molar-refractivity contribution in [2.75, 3.05) is 11.5 Å². The van der Waals surface area contributed by atoms with Gasteiger partial charge in [-0.05, 0) is 44.4 Å². The van der Waals surface area contributed by atoms with Gasteiger partial charge in [0.05, 0.1) is 11.5 Å². The molecule has 3 heteroatoms. The molecule has 0 spiro atoms. The fourth-order valence-corrected chi connectivity index (χ4v) is 4.42. The van der Waals surface area contributed by atoms with E-state index in [0.717, 1.165) is 19.3 Å². The van der Waals surface area contributed by atoms with Crippen LogP contribution in [0.15, 0.2) is 11.1 Å². The molecule has 0 amide bonds. The van der Waals surface area contributed by atoms with Gasteiger partial charge in [0, 0.05) is 0 Å². The van der Waals surface area contributed by atoms with Crippen LogP contribution in [-0.2, 0) is 9.84 Å². The van der Waals surface area contributed by atoms with Crippen molar-refractivity contribution in [3.63, 3.8) is 0 Å². The van der Waals surface area contributed by atoms with E-state index < -0.39 is 9.84 Å². The van der Waals surface area contributed by atoms with Crippen molar-refractivity contribution in [3.05, 3.63) is 11.1 Å². The van der Waals surface area contributed by atoms with Crippen LogP contribution in [0.4, 0.5) is 0 Å². The molecule has 112 valence electrons. The molecular weight excluding hydrogens is 256 g/mol. The van der Waals surface area contributed by atoms with Crippen LogP contribution in [0, 0.1) is 5.92 Å². The second-order valence-corrected chi connectivity index (χ2v) is 8.23. The number of hydrogen-bond acceptors (Lipinski definition) is 2. The van der Waals surface area contributed by atoms with Crippen LogP contribution in [0.2, 0.25) is 0 Å². The molecule has 0 radical (unpaired) electrons. The summed E-state index contributed by atoms with van der Waals surface area (Å²) in [4.78, 5) is 0. The Hall–Kier alpha value is -0.310. The first-order valence-corrected chi connectivity index (χ1v) is 9.73. The van der Waals surface area contributed by atoms with E-state index in [-0.39, 0.29) is 0 Å². The molecular formula is C16H30O2S. The third kappa shape index (κ3) is 5.68. The standard InChI is InChI=1S/C16H30O2S/c1-4-6-10-16(14(3)8-5-2)15-9-7-12-19(17,18)13-11-15/h14H,4-13H2,1-3H3/b16-15+. The molecule has 0 aromatic rings. The Bertz CT molecular complexity index is 393. The summed E-state index contributed by atoms with van der Waals surface area (Å²) >= 11 is 0. The number of unbranched alkanes of at least 4 members (excludes halogenated alkanes) is 1. The van der Waals surface area contributed by atoms with E-state index in [9.17, 15) is 8.42 Å². The van der Waals surface area contributed by atoms with Gasteiger partial charge in [0.25, 0.3) is 0 Å². The number of hydrogen-bond donors (Lipinski definition) is 0. The topological polar surface area (TPSA) is 34.1 Å². The van der Waals surface area contributed by atoms with Crippen molar-refractivity contribution < 1.29 is 8.42 Å². The van der Waals surface area contributed by atoms with Crippen molar-refractivity contribution in [1.82, 2.24) is 0 Å². The Morgan fingerprint density at radius 1 is 1.16 bits per heavy atom. The molecule has 2 nitrogen and oxygen atoms in total. The number of sulfone groups is 1. The summed E-state index contributed by atoms with van der Waals surface area (Å²) in [5, 5.41) is 0. The molecule has 1 heterocycles. The lowest BCUT2D eigenvalue weighted by molar-refractivity contribution is 0.555. The van der Waals surface area contributed by atoms with E-state index in [1.54, 1.807) is 5.57 Å². The molecule has 1 unspecified atom stereocenters. The minimum atomic E-state index is -2.78. The Balaban J connectivity index is 2.88. The largest absolute Gasteiger partial charge is 0.229 e. The monoisotopic (exact) mass is 286 g/mol. The predicted molar refractivity (Wildman–Crippen MR) is 83.1 cm³/mol. The van der Waals surface area contributed by atoms with Gasteiger partial charge in [0.1, 0.15) is 0 Å². The molecule has 0 saturated carbocycles. The third-order valence-electron chi connectivity index (χ3n) is 4.22. The molecule has 0 bridgehead atoms. The molecule has 1 rings (SSSR count). The van der Waals surface area contributed by atoms with Crippen molar-refractivity contribution in [2.45, 2.75) is 72.1 Å². The minimum absolute atomic E-state index is 0.372. The summed E-state index contributed by atoms with van der Waals surface area (Å²) in [6.45, 7) is 6.78. The van der Waals surface area contributed by atoms with Crippen LogP contribution < -0.4 is 0 Å². The highest BCUT2D eigenvalue weighted by Crippen LogP contribution is 2.31. The zero-order valence-electron chi connectivity index (χ0n) is 12.9. The first-order valence-electron chi connectivity index (χ1n) is 7.91. The van der Waals surface area contributed by atoms with Gasteiger partial charge < -0.3 is 0 Å². The maximum absolute atomic E-state index is 11.7. The second-order valence-electron chi connectivity index (χ2n) is 5.93. The molecule has 19 heavy (non-hydrogen) atoms. The first kappa shape index (κ1) is 16.7. The van der Waals surface area contributed by atoms with Crippen LogP contribution >= 0.6 is 0 Å². The Morgan fingerprint density at radius 3 is 2.53 bits per heavy atom. The van der Waals surface area contributed by atoms with Gasteiger partial charge in [0.15, 0.2) is 9.84 Å². The summed E-state index contributed by atoms with van der Waals surface area (Å²) < 4.78 is 23.5. The van der Waals surface area contributed by atoms with E-state index in [1.165, 1.54) is 37.7 Å². The lowest BCUT2D eigenvalue weighted by Crippen LogP contribution is -2.08. The van der Waals surface area contributed by atoms with Crippen molar-refractivity contribution in [2.24, 2.45) is 5.92 Å². The molecule has 0 aromatic heterocycles. The van der Waals surface area contributed by atoms with E-state index in [1.807, 2.05) is 0 Å². The highest BCUT2D eigenvalue weighted by molar-refractivity contribution is 7.91. The van der Waals surface area contributed by atoms with Crippen LogP contribution in [0.1, 0.15) is 72.1 Å². The summed E-state index contributed by atoms with van der Waals surface area (Å²) in [6, 6.07) is 0. The van der Waals surface area contributed by atoms with Crippen molar-refractivity contribution in [3.8, 4) is 0 Å². The van der Waals surface area contributed by atoms with Gasteiger partial charge in [-0.1, -0.05) is 44.8 Å². The highest BCUT2D eigenvalue weighted by Gasteiger charge is 2.20. The minimum Gasteiger partial charge on any atom is -0.229 e. The zero-order chi connectivity index (χ0) is 14.3. The van der Waals surface area contributed by atoms with Crippen LogP contribution in [0.25, 0.3) is 0 Å². The van der Waals surface area contributed by atoms with Crippen LogP contribution in [0.3, 0.4) is 0 Å². The fourth-order valence-electron chi connectivity index (χ4n) is 3.08. The molecule has 1 atom stereocenters. The average molecular weight is 286 g/mol. The maximum atomic E-state index is 11.7. The van der Waals surface area contributed by atoms with Crippen molar-refractivity contribution >= 4 is 9.84 Å². The Kier molecular flexibility index (Phi) is 7.12. The summed E-state index contributed by atoms with van der Waals surface area (Å²) in [7, 11) is -2.78. The molecule has 1 saturated heterocycles. The Morgan fingerprint density at radius 2 is 1.89 bits per heavy atom. The molecule has 1 aliphatic heterocycles. The quantitative estimate of drug-likeness (QED) is 0.673. The van der Waals surface area contributed by atoms with Gasteiger partial charge in [-0.2, -0.15) is 0 Å². The highest BCUT2D eigenvalue weighted by atomic mass is 32.2. The average Bonchev–Trinajstić information content (AvgIpc) is 2.52. The molecule has 0 N–H and O–H groups in total. The smallest absolute Gasteiger partial charge is 0.150 e. The fraction of sp³-hybridized carbons (Fsp3) is 0.875. The van der Waals surface area contributed by atoms with Crippen LogP contribution in [0.5, 0.6) is 0 Å². The lowest BCUT2D eigenvalue weighted by Gasteiger charge is -2.20. The number of allylic oxidation sites excluding steroid dienone is 2. The zero-order valence-corrected chi connectivity index (χ0v) is 13.7. The molecule has 1 aliphatic rings. The number of rotatable bonds is 6. The van der Waals surface area contributed by atoms with E-state index in [2.05, 4.69) is 20.8 Å². The first-order chi connectivity index (χ1) is 9.00. The van der Waals surface area contributed by atoms with Gasteiger partial charge in [-0.25, -0.2) is 8.42 Å². The SMILES string of the molecule is CCCC/C(=C1/CCCS(=O)(=O)CC1)C(C)CCC. The second kappa shape index (κ2) is 8.08. The summed E-state index contributed by atoms with van der Waals surface area (Å²) in [5.41, 5.74) is 3.05. The molecule has 0 aliphatic carbocycles. The normalized spacial score (nSPS) is 23.7. The van der Waals surface area contributed by atoms with E-state index in [0.29, 0.717) is 17.4 Å². The van der Waals surface area contributed by atoms with Gasteiger partial charge in [0.2, 0.25) is 0 Å².